The van der Waals surface area contributed by atoms with Gasteiger partial charge in [-0.15, -0.1) is 0 Å². The summed E-state index contributed by atoms with van der Waals surface area (Å²) in [6.45, 7) is 3.82. The summed E-state index contributed by atoms with van der Waals surface area (Å²) in [5.74, 6) is 0.238. The van der Waals surface area contributed by atoms with E-state index in [-0.39, 0.29) is 18.4 Å². The summed E-state index contributed by atoms with van der Waals surface area (Å²) in [7, 11) is 0. The molecule has 132 valence electrons. The van der Waals surface area contributed by atoms with Crippen molar-refractivity contribution >= 4 is 5.97 Å². The van der Waals surface area contributed by atoms with E-state index in [1.54, 1.807) is 12.1 Å². The molecule has 2 aromatic carbocycles. The van der Waals surface area contributed by atoms with Crippen LogP contribution in [0.25, 0.3) is 11.1 Å². The first-order chi connectivity index (χ1) is 12.1. The van der Waals surface area contributed by atoms with Gasteiger partial charge in [-0.25, -0.2) is 4.39 Å². The molecule has 1 N–H and O–H groups in total. The normalized spacial score (nSPS) is 19.6. The number of hydrogen-bond donors (Lipinski definition) is 1. The molecule has 2 aromatic rings. The topological polar surface area (TPSA) is 47.6 Å². The molecule has 0 saturated carbocycles. The molecule has 0 aromatic heterocycles. The van der Waals surface area contributed by atoms with Crippen LogP contribution in [0.15, 0.2) is 48.5 Å². The van der Waals surface area contributed by atoms with E-state index in [2.05, 4.69) is 5.32 Å². The highest BCUT2D eigenvalue weighted by molar-refractivity contribution is 5.78. The lowest BCUT2D eigenvalue weighted by Crippen LogP contribution is -2.40. The van der Waals surface area contributed by atoms with Crippen LogP contribution in [0, 0.1) is 11.2 Å². The molecule has 0 radical (unpaired) electrons. The molecular weight excluding hydrogens is 321 g/mol. The maximum Gasteiger partial charge on any atom is 0.316 e. The number of ether oxygens (including phenoxy) is 2. The second kappa shape index (κ2) is 7.66. The Hall–Kier alpha value is -2.40. The summed E-state index contributed by atoms with van der Waals surface area (Å²) in [6.07, 6.45) is 0.708. The molecule has 0 aliphatic carbocycles. The molecular formula is C20H22FNO3. The molecule has 1 heterocycles. The quantitative estimate of drug-likeness (QED) is 0.817. The first-order valence-electron chi connectivity index (χ1n) is 8.50. The predicted molar refractivity (Wildman–Crippen MR) is 93.9 cm³/mol. The third-order valence-electron chi connectivity index (χ3n) is 4.50. The zero-order valence-corrected chi connectivity index (χ0v) is 14.3. The lowest BCUT2D eigenvalue weighted by atomic mass is 9.88. The molecule has 4 nitrogen and oxygen atoms in total. The van der Waals surface area contributed by atoms with Gasteiger partial charge in [0.05, 0.1) is 6.61 Å². The standard InChI is InChI=1S/C20H22FNO3/c1-2-24-19(23)20(11-12-22-13-20)14-25-18-9-5-16(6-10-18)15-3-7-17(21)8-4-15/h3-10,22H,2,11-14H2,1H3. The van der Waals surface area contributed by atoms with Crippen LogP contribution in [0.4, 0.5) is 4.39 Å². The van der Waals surface area contributed by atoms with Crippen molar-refractivity contribution in [2.45, 2.75) is 13.3 Å². The highest BCUT2D eigenvalue weighted by Gasteiger charge is 2.43. The van der Waals surface area contributed by atoms with E-state index in [4.69, 9.17) is 9.47 Å². The number of esters is 1. The number of carbonyl (C=O) groups is 1. The van der Waals surface area contributed by atoms with Gasteiger partial charge >= 0.3 is 5.97 Å². The fourth-order valence-electron chi connectivity index (χ4n) is 2.99. The zero-order valence-electron chi connectivity index (χ0n) is 14.3. The highest BCUT2D eigenvalue weighted by atomic mass is 19.1. The molecule has 0 amide bonds. The van der Waals surface area contributed by atoms with Gasteiger partial charge < -0.3 is 14.8 Å². The summed E-state index contributed by atoms with van der Waals surface area (Å²) in [5, 5.41) is 3.21. The van der Waals surface area contributed by atoms with Crippen molar-refractivity contribution < 1.29 is 18.7 Å². The Kier molecular flexibility index (Phi) is 5.34. The van der Waals surface area contributed by atoms with E-state index in [1.807, 2.05) is 31.2 Å². The molecule has 1 aliphatic heterocycles. The lowest BCUT2D eigenvalue weighted by molar-refractivity contribution is -0.156. The Morgan fingerprint density at radius 3 is 2.32 bits per heavy atom. The van der Waals surface area contributed by atoms with Crippen LogP contribution in [0.1, 0.15) is 13.3 Å². The predicted octanol–water partition coefficient (Wildman–Crippen LogP) is 3.41. The molecule has 1 saturated heterocycles. The van der Waals surface area contributed by atoms with Gasteiger partial charge in [-0.05, 0) is 55.3 Å². The fraction of sp³-hybridized carbons (Fsp3) is 0.350. The molecule has 25 heavy (non-hydrogen) atoms. The second-order valence-electron chi connectivity index (χ2n) is 6.25. The minimum absolute atomic E-state index is 0.206. The minimum Gasteiger partial charge on any atom is -0.492 e. The van der Waals surface area contributed by atoms with Gasteiger partial charge in [0.2, 0.25) is 0 Å². The lowest BCUT2D eigenvalue weighted by Gasteiger charge is -2.25. The van der Waals surface area contributed by atoms with E-state index in [1.165, 1.54) is 12.1 Å². The molecule has 1 fully saturated rings. The van der Waals surface area contributed by atoms with Crippen molar-refractivity contribution in [3.05, 3.63) is 54.3 Å². The summed E-state index contributed by atoms with van der Waals surface area (Å²) < 4.78 is 24.1. The van der Waals surface area contributed by atoms with Crippen LogP contribution < -0.4 is 10.1 Å². The third-order valence-corrected chi connectivity index (χ3v) is 4.50. The number of nitrogens with one attached hydrogen (secondary N) is 1. The minimum atomic E-state index is -0.619. The molecule has 5 heteroatoms. The van der Waals surface area contributed by atoms with Crippen molar-refractivity contribution in [2.24, 2.45) is 5.41 Å². The smallest absolute Gasteiger partial charge is 0.316 e. The van der Waals surface area contributed by atoms with Crippen molar-refractivity contribution in [1.82, 2.24) is 5.32 Å². The monoisotopic (exact) mass is 343 g/mol. The van der Waals surface area contributed by atoms with E-state index < -0.39 is 5.41 Å². The summed E-state index contributed by atoms with van der Waals surface area (Å²) >= 11 is 0. The number of rotatable bonds is 6. The number of halogens is 1. The maximum absolute atomic E-state index is 13.0. The van der Waals surface area contributed by atoms with Gasteiger partial charge in [0, 0.05) is 6.54 Å². The number of carbonyl (C=O) groups excluding carboxylic acids is 1. The SMILES string of the molecule is CCOC(=O)C1(COc2ccc(-c3ccc(F)cc3)cc2)CCNC1. The maximum atomic E-state index is 13.0. The Morgan fingerprint density at radius 1 is 1.12 bits per heavy atom. The average molecular weight is 343 g/mol. The van der Waals surface area contributed by atoms with Crippen LogP contribution >= 0.6 is 0 Å². The Bertz CT molecular complexity index is 707. The summed E-state index contributed by atoms with van der Waals surface area (Å²) in [5.41, 5.74) is 1.30. The largest absolute Gasteiger partial charge is 0.492 e. The molecule has 1 aliphatic rings. The Labute approximate surface area is 147 Å². The molecule has 1 atom stereocenters. The van der Waals surface area contributed by atoms with Crippen LogP contribution in [0.3, 0.4) is 0 Å². The zero-order chi connectivity index (χ0) is 17.7. The number of benzene rings is 2. The first kappa shape index (κ1) is 17.4. The van der Waals surface area contributed by atoms with E-state index in [0.717, 1.165) is 17.7 Å². The number of hydrogen-bond acceptors (Lipinski definition) is 4. The molecule has 0 spiro atoms. The molecule has 0 bridgehead atoms. The van der Waals surface area contributed by atoms with Gasteiger partial charge in [0.15, 0.2) is 0 Å². The van der Waals surface area contributed by atoms with Crippen molar-refractivity contribution in [3.8, 4) is 16.9 Å². The second-order valence-corrected chi connectivity index (χ2v) is 6.25. The van der Waals surface area contributed by atoms with Crippen LogP contribution in [0.2, 0.25) is 0 Å². The van der Waals surface area contributed by atoms with Gasteiger partial charge in [-0.3, -0.25) is 4.79 Å². The third kappa shape index (κ3) is 3.99. The van der Waals surface area contributed by atoms with Crippen molar-refractivity contribution in [2.75, 3.05) is 26.3 Å². The molecule has 1 unspecified atom stereocenters. The van der Waals surface area contributed by atoms with Crippen LogP contribution in [-0.2, 0) is 9.53 Å². The van der Waals surface area contributed by atoms with E-state index in [0.29, 0.717) is 25.3 Å². The van der Waals surface area contributed by atoms with Crippen LogP contribution in [0.5, 0.6) is 5.75 Å². The van der Waals surface area contributed by atoms with Gasteiger partial charge in [0.1, 0.15) is 23.6 Å². The average Bonchev–Trinajstić information content (AvgIpc) is 3.12. The first-order valence-corrected chi connectivity index (χ1v) is 8.50. The van der Waals surface area contributed by atoms with Gasteiger partial charge in [-0.1, -0.05) is 24.3 Å². The van der Waals surface area contributed by atoms with Crippen molar-refractivity contribution in [3.63, 3.8) is 0 Å². The van der Waals surface area contributed by atoms with Gasteiger partial charge in [0.25, 0.3) is 0 Å². The van der Waals surface area contributed by atoms with Crippen molar-refractivity contribution in [1.29, 1.82) is 0 Å². The molecule has 3 rings (SSSR count). The van der Waals surface area contributed by atoms with Crippen LogP contribution in [-0.4, -0.2) is 32.3 Å². The van der Waals surface area contributed by atoms with Gasteiger partial charge in [-0.2, -0.15) is 0 Å². The summed E-state index contributed by atoms with van der Waals surface area (Å²) in [4.78, 5) is 12.3. The van der Waals surface area contributed by atoms with E-state index >= 15 is 0 Å². The Balaban J connectivity index is 1.66. The Morgan fingerprint density at radius 2 is 1.76 bits per heavy atom. The highest BCUT2D eigenvalue weighted by Crippen LogP contribution is 2.29. The fourth-order valence-corrected chi connectivity index (χ4v) is 2.99. The van der Waals surface area contributed by atoms with E-state index in [9.17, 15) is 9.18 Å². The summed E-state index contributed by atoms with van der Waals surface area (Å²) in [6, 6.07) is 13.9.